The smallest absolute Gasteiger partial charge is 0.264 e. The third-order valence-corrected chi connectivity index (χ3v) is 5.11. The minimum atomic E-state index is -0.549. The van der Waals surface area contributed by atoms with Gasteiger partial charge in [0, 0.05) is 16.5 Å². The number of carbonyl (C=O) groups excluding carboxylic acids is 2. The fourth-order valence-electron chi connectivity index (χ4n) is 2.73. The lowest BCUT2D eigenvalue weighted by Gasteiger charge is -2.08. The minimum absolute atomic E-state index is 0.195. The third-order valence-electron chi connectivity index (χ3n) is 4.36. The zero-order valence-corrected chi connectivity index (χ0v) is 16.7. The summed E-state index contributed by atoms with van der Waals surface area (Å²) < 4.78 is 5.43. The Morgan fingerprint density at radius 3 is 2.61 bits per heavy atom. The maximum absolute atomic E-state index is 12.2. The average Bonchev–Trinajstić information content (AvgIpc) is 3.11. The second-order valence-electron chi connectivity index (χ2n) is 6.52. The first kappa shape index (κ1) is 19.6. The Labute approximate surface area is 167 Å². The van der Waals surface area contributed by atoms with Crippen molar-refractivity contribution in [3.05, 3.63) is 64.0 Å². The Balaban J connectivity index is 1.64. The number of amides is 2. The molecule has 0 unspecified atom stereocenters. The van der Waals surface area contributed by atoms with Crippen molar-refractivity contribution in [1.82, 2.24) is 4.98 Å². The van der Waals surface area contributed by atoms with E-state index in [0.717, 1.165) is 16.8 Å². The maximum Gasteiger partial charge on any atom is 0.264 e. The van der Waals surface area contributed by atoms with Crippen LogP contribution in [0.2, 0.25) is 0 Å². The maximum atomic E-state index is 12.2. The summed E-state index contributed by atoms with van der Waals surface area (Å²) in [4.78, 5) is 27.9. The number of carbonyl (C=O) groups is 2. The predicted molar refractivity (Wildman–Crippen MR) is 111 cm³/mol. The summed E-state index contributed by atoms with van der Waals surface area (Å²) >= 11 is 1.36. The molecule has 0 fully saturated rings. The van der Waals surface area contributed by atoms with Crippen LogP contribution in [0, 0.1) is 20.8 Å². The number of nitrogens with zero attached hydrogens (tertiary/aromatic N) is 1. The number of thiazole rings is 1. The molecule has 6 nitrogen and oxygen atoms in total. The van der Waals surface area contributed by atoms with Crippen molar-refractivity contribution in [2.75, 3.05) is 11.9 Å². The van der Waals surface area contributed by atoms with Gasteiger partial charge in [0.25, 0.3) is 5.91 Å². The van der Waals surface area contributed by atoms with Gasteiger partial charge >= 0.3 is 0 Å². The molecule has 3 rings (SSSR count). The molecule has 0 radical (unpaired) electrons. The van der Waals surface area contributed by atoms with Crippen molar-refractivity contribution in [2.24, 2.45) is 5.73 Å². The molecular weight excluding hydrogens is 374 g/mol. The second kappa shape index (κ2) is 8.22. The van der Waals surface area contributed by atoms with Crippen molar-refractivity contribution in [1.29, 1.82) is 0 Å². The number of hydrogen-bond acceptors (Lipinski definition) is 5. The van der Waals surface area contributed by atoms with Crippen LogP contribution in [0.25, 0.3) is 11.3 Å². The largest absolute Gasteiger partial charge is 0.484 e. The van der Waals surface area contributed by atoms with E-state index in [1.165, 1.54) is 28.5 Å². The topological polar surface area (TPSA) is 94.3 Å². The van der Waals surface area contributed by atoms with Crippen LogP contribution < -0.4 is 15.8 Å². The number of ether oxygens (including phenoxy) is 1. The van der Waals surface area contributed by atoms with E-state index in [0.29, 0.717) is 16.4 Å². The van der Waals surface area contributed by atoms with Crippen LogP contribution in [0.5, 0.6) is 5.75 Å². The van der Waals surface area contributed by atoms with Gasteiger partial charge in [-0.05, 0) is 61.7 Å². The first-order valence-corrected chi connectivity index (χ1v) is 9.57. The number of hydrogen-bond donors (Lipinski definition) is 2. The zero-order valence-electron chi connectivity index (χ0n) is 15.9. The highest BCUT2D eigenvalue weighted by atomic mass is 32.1. The highest BCUT2D eigenvalue weighted by molar-refractivity contribution is 7.14. The Hall–Kier alpha value is -3.19. The lowest BCUT2D eigenvalue weighted by molar-refractivity contribution is -0.118. The van der Waals surface area contributed by atoms with Crippen molar-refractivity contribution in [2.45, 2.75) is 20.8 Å². The lowest BCUT2D eigenvalue weighted by Crippen LogP contribution is -2.20. The fourth-order valence-corrected chi connectivity index (χ4v) is 3.46. The predicted octanol–water partition coefficient (Wildman–Crippen LogP) is 3.85. The molecule has 1 heterocycles. The van der Waals surface area contributed by atoms with Crippen molar-refractivity contribution in [3.63, 3.8) is 0 Å². The van der Waals surface area contributed by atoms with Crippen LogP contribution >= 0.6 is 11.3 Å². The summed E-state index contributed by atoms with van der Waals surface area (Å²) in [5.74, 6) is -0.480. The SMILES string of the molecule is Cc1cc(C)c(-c2csc(NC(=O)COc3cccc(C(N)=O)c3)n2)cc1C. The van der Waals surface area contributed by atoms with Gasteiger partial charge in [-0.15, -0.1) is 11.3 Å². The van der Waals surface area contributed by atoms with Crippen molar-refractivity contribution in [3.8, 4) is 17.0 Å². The minimum Gasteiger partial charge on any atom is -0.484 e. The van der Waals surface area contributed by atoms with Crippen LogP contribution in [0.15, 0.2) is 41.8 Å². The van der Waals surface area contributed by atoms with E-state index in [9.17, 15) is 9.59 Å². The van der Waals surface area contributed by atoms with Gasteiger partial charge in [0.1, 0.15) is 5.75 Å². The number of primary amides is 1. The van der Waals surface area contributed by atoms with E-state index >= 15 is 0 Å². The first-order valence-electron chi connectivity index (χ1n) is 8.70. The van der Waals surface area contributed by atoms with E-state index in [1.54, 1.807) is 18.2 Å². The summed E-state index contributed by atoms with van der Waals surface area (Å²) in [6, 6.07) is 10.6. The normalized spacial score (nSPS) is 10.5. The molecule has 2 aromatic carbocycles. The summed E-state index contributed by atoms with van der Waals surface area (Å²) in [5.41, 5.74) is 11.0. The van der Waals surface area contributed by atoms with Crippen molar-refractivity contribution < 1.29 is 14.3 Å². The summed E-state index contributed by atoms with van der Waals surface area (Å²) in [7, 11) is 0. The Bertz CT molecular complexity index is 1040. The monoisotopic (exact) mass is 395 g/mol. The van der Waals surface area contributed by atoms with Gasteiger partial charge in [-0.2, -0.15) is 0 Å². The van der Waals surface area contributed by atoms with Gasteiger partial charge < -0.3 is 10.5 Å². The van der Waals surface area contributed by atoms with E-state index in [1.807, 2.05) is 12.3 Å². The van der Waals surface area contributed by atoms with E-state index < -0.39 is 5.91 Å². The van der Waals surface area contributed by atoms with E-state index in [4.69, 9.17) is 10.5 Å². The van der Waals surface area contributed by atoms with Crippen LogP contribution in [0.4, 0.5) is 5.13 Å². The Morgan fingerprint density at radius 1 is 1.11 bits per heavy atom. The number of nitrogens with one attached hydrogen (secondary N) is 1. The van der Waals surface area contributed by atoms with Gasteiger partial charge in [0.2, 0.25) is 5.91 Å². The van der Waals surface area contributed by atoms with Gasteiger partial charge in [-0.3, -0.25) is 14.9 Å². The number of rotatable bonds is 6. The molecule has 0 bridgehead atoms. The number of anilines is 1. The van der Waals surface area contributed by atoms with Gasteiger partial charge in [0.05, 0.1) is 5.69 Å². The van der Waals surface area contributed by atoms with Crippen molar-refractivity contribution >= 4 is 28.3 Å². The Morgan fingerprint density at radius 2 is 1.86 bits per heavy atom. The second-order valence-corrected chi connectivity index (χ2v) is 7.38. The summed E-state index contributed by atoms with van der Waals surface area (Å²) in [6.45, 7) is 6.00. The highest BCUT2D eigenvalue weighted by Gasteiger charge is 2.12. The molecule has 0 atom stereocenters. The molecular formula is C21H21N3O3S. The molecule has 7 heteroatoms. The molecule has 28 heavy (non-hydrogen) atoms. The van der Waals surface area contributed by atoms with E-state index in [2.05, 4.69) is 36.3 Å². The molecule has 0 aliphatic carbocycles. The standard InChI is InChI=1S/C21H21N3O3S/c1-12-7-14(3)17(8-13(12)2)18-11-28-21(23-18)24-19(25)10-27-16-6-4-5-15(9-16)20(22)26/h4-9,11H,10H2,1-3H3,(H2,22,26)(H,23,24,25). The van der Waals surface area contributed by atoms with Gasteiger partial charge in [0.15, 0.2) is 11.7 Å². The molecule has 1 aromatic heterocycles. The molecule has 0 spiro atoms. The molecule has 0 aliphatic rings. The molecule has 0 saturated heterocycles. The number of benzene rings is 2. The summed E-state index contributed by atoms with van der Waals surface area (Å²) in [5, 5.41) is 5.16. The lowest BCUT2D eigenvalue weighted by atomic mass is 9.99. The van der Waals surface area contributed by atoms with Gasteiger partial charge in [-0.25, -0.2) is 4.98 Å². The molecule has 2 amide bonds. The molecule has 144 valence electrons. The highest BCUT2D eigenvalue weighted by Crippen LogP contribution is 2.29. The van der Waals surface area contributed by atoms with Crippen LogP contribution in [-0.2, 0) is 4.79 Å². The third kappa shape index (κ3) is 4.55. The summed E-state index contributed by atoms with van der Waals surface area (Å²) in [6.07, 6.45) is 0. The fraction of sp³-hybridized carbons (Fsp3) is 0.190. The number of nitrogens with two attached hydrogens (primary N) is 1. The molecule has 0 aliphatic heterocycles. The first-order chi connectivity index (χ1) is 13.3. The van der Waals surface area contributed by atoms with Crippen LogP contribution in [0.3, 0.4) is 0 Å². The molecule has 3 N–H and O–H groups in total. The molecule has 3 aromatic rings. The Kier molecular flexibility index (Phi) is 5.75. The van der Waals surface area contributed by atoms with E-state index in [-0.39, 0.29) is 12.5 Å². The van der Waals surface area contributed by atoms with Crippen LogP contribution in [-0.4, -0.2) is 23.4 Å². The number of aryl methyl sites for hydroxylation is 3. The molecule has 0 saturated carbocycles. The van der Waals surface area contributed by atoms with Gasteiger partial charge in [-0.1, -0.05) is 12.1 Å². The van der Waals surface area contributed by atoms with Crippen LogP contribution in [0.1, 0.15) is 27.0 Å². The average molecular weight is 395 g/mol. The zero-order chi connectivity index (χ0) is 20.3. The quantitative estimate of drug-likeness (QED) is 0.663. The number of aromatic nitrogens is 1.